The highest BCUT2D eigenvalue weighted by atomic mass is 16.2. The summed E-state index contributed by atoms with van der Waals surface area (Å²) < 4.78 is 0. The first-order chi connectivity index (χ1) is 15.3. The molecule has 32 heavy (non-hydrogen) atoms. The fraction of sp³-hybridized carbons (Fsp3) is 0.400. The second-order valence-corrected chi connectivity index (χ2v) is 8.51. The fourth-order valence-electron chi connectivity index (χ4n) is 3.78. The number of carbonyl (C=O) groups is 3. The highest BCUT2D eigenvalue weighted by molar-refractivity contribution is 5.89. The molecule has 0 saturated carbocycles. The topological polar surface area (TPSA) is 90.5 Å². The first kappa shape index (κ1) is 23.3. The average molecular weight is 437 g/mol. The van der Waals surface area contributed by atoms with Crippen LogP contribution in [0.5, 0.6) is 0 Å². The number of aryl methyl sites for hydroxylation is 2. The Morgan fingerprint density at radius 2 is 1.50 bits per heavy atom. The number of nitrogens with zero attached hydrogens (tertiary/aromatic N) is 1. The minimum absolute atomic E-state index is 0.0276. The van der Waals surface area contributed by atoms with E-state index in [0.29, 0.717) is 32.4 Å². The second-order valence-electron chi connectivity index (χ2n) is 8.51. The Labute approximate surface area is 189 Å². The molecule has 1 atom stereocenters. The van der Waals surface area contributed by atoms with E-state index in [9.17, 15) is 14.4 Å². The van der Waals surface area contributed by atoms with E-state index >= 15 is 0 Å². The molecule has 2 aromatic rings. The molecule has 7 nitrogen and oxygen atoms in total. The maximum atomic E-state index is 12.9. The Balaban J connectivity index is 1.50. The third-order valence-electron chi connectivity index (χ3n) is 5.69. The molecule has 3 rings (SSSR count). The molecule has 1 aliphatic rings. The molecule has 1 saturated heterocycles. The third-order valence-corrected chi connectivity index (χ3v) is 5.69. The van der Waals surface area contributed by atoms with Crippen LogP contribution in [0.2, 0.25) is 0 Å². The average Bonchev–Trinajstić information content (AvgIpc) is 2.76. The molecule has 1 fully saturated rings. The van der Waals surface area contributed by atoms with E-state index in [1.807, 2.05) is 62.4 Å². The molecule has 1 heterocycles. The first-order valence-corrected chi connectivity index (χ1v) is 11.1. The molecule has 0 aromatic heterocycles. The van der Waals surface area contributed by atoms with E-state index < -0.39 is 6.04 Å². The molecule has 4 amide bonds. The number of piperidine rings is 1. The van der Waals surface area contributed by atoms with Crippen molar-refractivity contribution in [1.82, 2.24) is 15.5 Å². The summed E-state index contributed by atoms with van der Waals surface area (Å²) in [5.74, 6) is -0.428. The van der Waals surface area contributed by atoms with Crippen molar-refractivity contribution >= 4 is 23.5 Å². The maximum Gasteiger partial charge on any atom is 0.321 e. The van der Waals surface area contributed by atoms with Crippen LogP contribution in [0.25, 0.3) is 0 Å². The number of amides is 4. The van der Waals surface area contributed by atoms with E-state index in [1.54, 1.807) is 4.90 Å². The molecule has 0 bridgehead atoms. The number of benzene rings is 2. The minimum Gasteiger partial charge on any atom is -0.351 e. The quantitative estimate of drug-likeness (QED) is 0.650. The number of carbonyl (C=O) groups excluding carboxylic acids is 3. The fourth-order valence-corrected chi connectivity index (χ4v) is 3.78. The highest BCUT2D eigenvalue weighted by Gasteiger charge is 2.27. The number of anilines is 1. The van der Waals surface area contributed by atoms with Crippen LogP contribution in [0, 0.1) is 13.8 Å². The Morgan fingerprint density at radius 1 is 0.938 bits per heavy atom. The van der Waals surface area contributed by atoms with Gasteiger partial charge in [0.15, 0.2) is 0 Å². The molecule has 7 heteroatoms. The molecule has 0 spiro atoms. The smallest absolute Gasteiger partial charge is 0.321 e. The monoisotopic (exact) mass is 436 g/mol. The predicted octanol–water partition coefficient (Wildman–Crippen LogP) is 3.16. The third kappa shape index (κ3) is 6.83. The second kappa shape index (κ2) is 10.8. The highest BCUT2D eigenvalue weighted by Crippen LogP contribution is 2.15. The van der Waals surface area contributed by atoms with Crippen molar-refractivity contribution in [3.8, 4) is 0 Å². The summed E-state index contributed by atoms with van der Waals surface area (Å²) in [6.45, 7) is 6.55. The number of likely N-dealkylation sites (tertiary alicyclic amines) is 1. The number of nitrogens with one attached hydrogen (secondary N) is 3. The lowest BCUT2D eigenvalue weighted by molar-refractivity contribution is -0.128. The lowest BCUT2D eigenvalue weighted by Gasteiger charge is -2.33. The van der Waals surface area contributed by atoms with Crippen LogP contribution >= 0.6 is 0 Å². The lowest BCUT2D eigenvalue weighted by Crippen LogP contribution is -2.53. The van der Waals surface area contributed by atoms with E-state index in [-0.39, 0.29) is 23.9 Å². The van der Waals surface area contributed by atoms with E-state index in [2.05, 4.69) is 16.0 Å². The van der Waals surface area contributed by atoms with Crippen molar-refractivity contribution in [3.63, 3.8) is 0 Å². The largest absolute Gasteiger partial charge is 0.351 e. The molecule has 0 aliphatic carbocycles. The number of hydrogen-bond donors (Lipinski definition) is 3. The Bertz CT molecular complexity index is 933. The van der Waals surface area contributed by atoms with Crippen LogP contribution in [0.3, 0.4) is 0 Å². The van der Waals surface area contributed by atoms with E-state index in [1.165, 1.54) is 6.92 Å². The van der Waals surface area contributed by atoms with Gasteiger partial charge in [0, 0.05) is 38.2 Å². The summed E-state index contributed by atoms with van der Waals surface area (Å²) in [4.78, 5) is 38.8. The van der Waals surface area contributed by atoms with Gasteiger partial charge in [-0.3, -0.25) is 9.59 Å². The van der Waals surface area contributed by atoms with E-state index in [0.717, 1.165) is 22.4 Å². The molecular formula is C25H32N4O3. The molecule has 1 aliphatic heterocycles. The maximum absolute atomic E-state index is 12.9. The zero-order valence-corrected chi connectivity index (χ0v) is 19.0. The summed E-state index contributed by atoms with van der Waals surface area (Å²) >= 11 is 0. The van der Waals surface area contributed by atoms with Crippen molar-refractivity contribution in [2.24, 2.45) is 0 Å². The van der Waals surface area contributed by atoms with Crippen molar-refractivity contribution in [3.05, 3.63) is 65.2 Å². The summed E-state index contributed by atoms with van der Waals surface area (Å²) in [5, 5.41) is 8.74. The number of urea groups is 1. The molecule has 170 valence electrons. The van der Waals surface area contributed by atoms with Crippen molar-refractivity contribution in [1.29, 1.82) is 0 Å². The van der Waals surface area contributed by atoms with Crippen molar-refractivity contribution in [2.45, 2.75) is 52.1 Å². The van der Waals surface area contributed by atoms with Gasteiger partial charge in [-0.25, -0.2) is 4.79 Å². The van der Waals surface area contributed by atoms with Gasteiger partial charge in [-0.05, 0) is 44.4 Å². The van der Waals surface area contributed by atoms with Crippen molar-refractivity contribution < 1.29 is 14.4 Å². The van der Waals surface area contributed by atoms with Gasteiger partial charge in [-0.1, -0.05) is 47.5 Å². The molecular weight excluding hydrogens is 404 g/mol. The van der Waals surface area contributed by atoms with Crippen LogP contribution in [0.1, 0.15) is 36.5 Å². The Morgan fingerprint density at radius 3 is 2.06 bits per heavy atom. The van der Waals surface area contributed by atoms with Crippen molar-refractivity contribution in [2.75, 3.05) is 18.4 Å². The van der Waals surface area contributed by atoms with Crippen LogP contribution < -0.4 is 16.0 Å². The Kier molecular flexibility index (Phi) is 7.87. The zero-order chi connectivity index (χ0) is 23.1. The van der Waals surface area contributed by atoms with Crippen LogP contribution in [0.4, 0.5) is 10.5 Å². The van der Waals surface area contributed by atoms with Crippen LogP contribution in [-0.2, 0) is 16.0 Å². The molecule has 0 unspecified atom stereocenters. The molecule has 3 N–H and O–H groups in total. The van der Waals surface area contributed by atoms with E-state index in [4.69, 9.17) is 0 Å². The first-order valence-electron chi connectivity index (χ1n) is 11.1. The van der Waals surface area contributed by atoms with Gasteiger partial charge in [0.1, 0.15) is 6.04 Å². The standard InChI is InChI=1S/C25H32N4O3/c1-17-4-8-20(9-5-17)16-23(26-19(3)30)24(31)27-22-12-14-29(15-13-22)25(32)28-21-10-6-18(2)7-11-21/h4-11,22-23H,12-16H2,1-3H3,(H,26,30)(H,27,31)(H,28,32)/t23-/m0/s1. The molecule has 0 radical (unpaired) electrons. The number of hydrogen-bond acceptors (Lipinski definition) is 3. The van der Waals surface area contributed by atoms with Gasteiger partial charge in [0.05, 0.1) is 0 Å². The summed E-state index contributed by atoms with van der Waals surface area (Å²) in [7, 11) is 0. The lowest BCUT2D eigenvalue weighted by atomic mass is 10.0. The normalized spacial score (nSPS) is 15.0. The van der Waals surface area contributed by atoms with Crippen LogP contribution in [0.15, 0.2) is 48.5 Å². The minimum atomic E-state index is -0.627. The SMILES string of the molecule is CC(=O)N[C@@H](Cc1ccc(C)cc1)C(=O)NC1CCN(C(=O)Nc2ccc(C)cc2)CC1. The van der Waals surface area contributed by atoms with Gasteiger partial charge < -0.3 is 20.9 Å². The summed E-state index contributed by atoms with van der Waals surface area (Å²) in [6, 6.07) is 14.8. The van der Waals surface area contributed by atoms with Gasteiger partial charge in [-0.2, -0.15) is 0 Å². The van der Waals surface area contributed by atoms with Crippen LogP contribution in [-0.4, -0.2) is 47.9 Å². The van der Waals surface area contributed by atoms with Gasteiger partial charge in [-0.15, -0.1) is 0 Å². The van der Waals surface area contributed by atoms with Gasteiger partial charge >= 0.3 is 6.03 Å². The number of rotatable bonds is 6. The summed E-state index contributed by atoms with van der Waals surface area (Å²) in [6.07, 6.45) is 1.78. The Hall–Kier alpha value is -3.35. The molecule has 2 aromatic carbocycles. The zero-order valence-electron chi connectivity index (χ0n) is 19.0. The summed E-state index contributed by atoms with van der Waals surface area (Å²) in [5.41, 5.74) is 4.05. The predicted molar refractivity (Wildman–Crippen MR) is 125 cm³/mol. The van der Waals surface area contributed by atoms with Gasteiger partial charge in [0.2, 0.25) is 11.8 Å². The van der Waals surface area contributed by atoms with Gasteiger partial charge in [0.25, 0.3) is 0 Å².